The summed E-state index contributed by atoms with van der Waals surface area (Å²) in [7, 11) is 2.27. The van der Waals surface area contributed by atoms with Crippen molar-refractivity contribution in [3.63, 3.8) is 0 Å². The van der Waals surface area contributed by atoms with E-state index < -0.39 is 0 Å². The van der Waals surface area contributed by atoms with Crippen molar-refractivity contribution in [3.05, 3.63) is 0 Å². The van der Waals surface area contributed by atoms with Gasteiger partial charge in [0.2, 0.25) is 0 Å². The Kier molecular flexibility index (Phi) is 3.06. The van der Waals surface area contributed by atoms with E-state index in [9.17, 15) is 0 Å². The molecule has 2 atom stereocenters. The van der Waals surface area contributed by atoms with Crippen LogP contribution in [0.5, 0.6) is 0 Å². The van der Waals surface area contributed by atoms with E-state index in [4.69, 9.17) is 0 Å². The second-order valence-electron chi connectivity index (χ2n) is 6.05. The lowest BCUT2D eigenvalue weighted by molar-refractivity contribution is 0.234. The van der Waals surface area contributed by atoms with Crippen LogP contribution < -0.4 is 0 Å². The van der Waals surface area contributed by atoms with E-state index in [0.29, 0.717) is 5.41 Å². The maximum atomic E-state index is 2.54. The van der Waals surface area contributed by atoms with Crippen LogP contribution in [0.4, 0.5) is 0 Å². The first-order chi connectivity index (χ1) is 5.82. The van der Waals surface area contributed by atoms with Gasteiger partial charge in [0.15, 0.2) is 0 Å². The Morgan fingerprint density at radius 1 is 1.23 bits per heavy atom. The quantitative estimate of drug-likeness (QED) is 0.604. The van der Waals surface area contributed by atoms with Crippen molar-refractivity contribution in [2.75, 3.05) is 13.6 Å². The second kappa shape index (κ2) is 3.61. The first-order valence-corrected chi connectivity index (χ1v) is 5.52. The van der Waals surface area contributed by atoms with E-state index in [1.807, 2.05) is 0 Å². The summed E-state index contributed by atoms with van der Waals surface area (Å²) in [6.07, 6.45) is 1.39. The lowest BCUT2D eigenvalue weighted by Crippen LogP contribution is -2.29. The van der Waals surface area contributed by atoms with E-state index in [0.717, 1.165) is 17.9 Å². The Morgan fingerprint density at radius 3 is 2.00 bits per heavy atom. The van der Waals surface area contributed by atoms with Gasteiger partial charge in [-0.3, -0.25) is 0 Å². The normalized spacial score (nSPS) is 31.6. The molecule has 1 aliphatic heterocycles. The number of nitrogens with zero attached hydrogens (tertiary/aromatic N) is 1. The second-order valence-corrected chi connectivity index (χ2v) is 6.05. The van der Waals surface area contributed by atoms with Crippen molar-refractivity contribution in [2.24, 2.45) is 17.3 Å². The van der Waals surface area contributed by atoms with Crippen LogP contribution in [0.25, 0.3) is 0 Å². The first-order valence-electron chi connectivity index (χ1n) is 5.52. The lowest BCUT2D eigenvalue weighted by Gasteiger charge is -2.26. The highest BCUT2D eigenvalue weighted by Gasteiger charge is 2.37. The molecule has 1 heteroatoms. The standard InChI is InChI=1S/C12H25N/c1-9(2)11-7-10(8-13(11)6)12(3,4)5/h9-11H,7-8H2,1-6H3/t10-,11+/m1/s1. The van der Waals surface area contributed by atoms with Gasteiger partial charge in [-0.25, -0.2) is 0 Å². The molecule has 1 rings (SSSR count). The van der Waals surface area contributed by atoms with E-state index in [2.05, 4.69) is 46.6 Å². The van der Waals surface area contributed by atoms with Crippen molar-refractivity contribution < 1.29 is 0 Å². The van der Waals surface area contributed by atoms with Crippen LogP contribution in [0, 0.1) is 17.3 Å². The molecule has 0 saturated carbocycles. The minimum atomic E-state index is 0.484. The molecule has 0 aromatic carbocycles. The van der Waals surface area contributed by atoms with Gasteiger partial charge in [0.25, 0.3) is 0 Å². The van der Waals surface area contributed by atoms with Crippen LogP contribution in [0.1, 0.15) is 41.0 Å². The number of rotatable bonds is 1. The fraction of sp³-hybridized carbons (Fsp3) is 1.00. The molecule has 0 N–H and O–H groups in total. The highest BCUT2D eigenvalue weighted by atomic mass is 15.2. The molecule has 0 radical (unpaired) electrons. The van der Waals surface area contributed by atoms with Gasteiger partial charge in [-0.1, -0.05) is 34.6 Å². The van der Waals surface area contributed by atoms with Crippen LogP contribution in [-0.4, -0.2) is 24.5 Å². The smallest absolute Gasteiger partial charge is 0.0119 e. The van der Waals surface area contributed by atoms with Gasteiger partial charge in [-0.2, -0.15) is 0 Å². The molecule has 0 aliphatic carbocycles. The Labute approximate surface area is 83.5 Å². The molecule has 1 aliphatic rings. The van der Waals surface area contributed by atoms with E-state index in [1.165, 1.54) is 13.0 Å². The number of hydrogen-bond acceptors (Lipinski definition) is 1. The van der Waals surface area contributed by atoms with Gasteiger partial charge in [0.1, 0.15) is 0 Å². The fourth-order valence-corrected chi connectivity index (χ4v) is 2.44. The first kappa shape index (κ1) is 11.0. The molecule has 0 amide bonds. The van der Waals surface area contributed by atoms with Crippen molar-refractivity contribution in [1.82, 2.24) is 4.90 Å². The SMILES string of the molecule is CC(C)[C@@H]1C[C@@H](C(C)(C)C)CN1C. The average Bonchev–Trinajstić information content (AvgIpc) is 2.29. The third kappa shape index (κ3) is 2.46. The predicted octanol–water partition coefficient (Wildman–Crippen LogP) is 3.01. The van der Waals surface area contributed by atoms with Crippen molar-refractivity contribution >= 4 is 0 Å². The molecule has 1 nitrogen and oxygen atoms in total. The summed E-state index contributed by atoms with van der Waals surface area (Å²) in [6, 6.07) is 0.809. The summed E-state index contributed by atoms with van der Waals surface area (Å²) in [4.78, 5) is 2.54. The highest BCUT2D eigenvalue weighted by Crippen LogP contribution is 2.37. The molecular weight excluding hydrogens is 158 g/mol. The van der Waals surface area contributed by atoms with Crippen molar-refractivity contribution in [2.45, 2.75) is 47.1 Å². The zero-order chi connectivity index (χ0) is 10.2. The van der Waals surface area contributed by atoms with Crippen molar-refractivity contribution in [1.29, 1.82) is 0 Å². The lowest BCUT2D eigenvalue weighted by atomic mass is 9.78. The maximum Gasteiger partial charge on any atom is 0.0119 e. The van der Waals surface area contributed by atoms with Crippen LogP contribution >= 0.6 is 0 Å². The molecule has 0 aromatic rings. The zero-order valence-electron chi connectivity index (χ0n) is 10.1. The Bertz CT molecular complexity index is 166. The van der Waals surface area contributed by atoms with Crippen LogP contribution in [0.15, 0.2) is 0 Å². The average molecular weight is 183 g/mol. The van der Waals surface area contributed by atoms with E-state index in [-0.39, 0.29) is 0 Å². The van der Waals surface area contributed by atoms with Gasteiger partial charge >= 0.3 is 0 Å². The summed E-state index contributed by atoms with van der Waals surface area (Å²) in [5.74, 6) is 1.68. The molecule has 1 saturated heterocycles. The third-order valence-electron chi connectivity index (χ3n) is 3.59. The Balaban J connectivity index is 2.60. The van der Waals surface area contributed by atoms with E-state index in [1.54, 1.807) is 0 Å². The van der Waals surface area contributed by atoms with Gasteiger partial charge in [-0.05, 0) is 30.7 Å². The van der Waals surface area contributed by atoms with Crippen LogP contribution in [-0.2, 0) is 0 Å². The number of likely N-dealkylation sites (tertiary alicyclic amines) is 1. The van der Waals surface area contributed by atoms with Crippen LogP contribution in [0.2, 0.25) is 0 Å². The highest BCUT2D eigenvalue weighted by molar-refractivity contribution is 4.90. The van der Waals surface area contributed by atoms with Crippen LogP contribution in [0.3, 0.4) is 0 Å². The summed E-state index contributed by atoms with van der Waals surface area (Å²) in [5.41, 5.74) is 0.484. The van der Waals surface area contributed by atoms with E-state index >= 15 is 0 Å². The molecule has 1 fully saturated rings. The molecule has 13 heavy (non-hydrogen) atoms. The topological polar surface area (TPSA) is 3.24 Å². The zero-order valence-corrected chi connectivity index (χ0v) is 10.1. The third-order valence-corrected chi connectivity index (χ3v) is 3.59. The monoisotopic (exact) mass is 183 g/mol. The molecular formula is C12H25N. The summed E-state index contributed by atoms with van der Waals surface area (Å²) < 4.78 is 0. The number of hydrogen-bond donors (Lipinski definition) is 0. The van der Waals surface area contributed by atoms with Gasteiger partial charge in [0.05, 0.1) is 0 Å². The summed E-state index contributed by atoms with van der Waals surface area (Å²) in [6.45, 7) is 13.1. The summed E-state index contributed by atoms with van der Waals surface area (Å²) >= 11 is 0. The largest absolute Gasteiger partial charge is 0.303 e. The predicted molar refractivity (Wildman–Crippen MR) is 58.8 cm³/mol. The Hall–Kier alpha value is -0.0400. The fourth-order valence-electron chi connectivity index (χ4n) is 2.44. The van der Waals surface area contributed by atoms with Gasteiger partial charge < -0.3 is 4.90 Å². The molecule has 1 heterocycles. The van der Waals surface area contributed by atoms with Crippen molar-refractivity contribution in [3.8, 4) is 0 Å². The molecule has 0 spiro atoms. The minimum absolute atomic E-state index is 0.484. The maximum absolute atomic E-state index is 2.54. The molecule has 78 valence electrons. The Morgan fingerprint density at radius 2 is 1.77 bits per heavy atom. The molecule has 0 aromatic heterocycles. The minimum Gasteiger partial charge on any atom is -0.303 e. The van der Waals surface area contributed by atoms with Gasteiger partial charge in [-0.15, -0.1) is 0 Å². The molecule has 0 bridgehead atoms. The molecule has 0 unspecified atom stereocenters. The summed E-state index contributed by atoms with van der Waals surface area (Å²) in [5, 5.41) is 0. The van der Waals surface area contributed by atoms with Gasteiger partial charge in [0, 0.05) is 12.6 Å².